The smallest absolute Gasteiger partial charge is 0.0728 e. The van der Waals surface area contributed by atoms with Crippen molar-refractivity contribution in [2.75, 3.05) is 4.90 Å². The first kappa shape index (κ1) is 18.2. The third kappa shape index (κ3) is 3.77. The Morgan fingerprint density at radius 3 is 1.86 bits per heavy atom. The summed E-state index contributed by atoms with van der Waals surface area (Å²) in [5.41, 5.74) is 8.74. The molecule has 0 bridgehead atoms. The van der Waals surface area contributed by atoms with Crippen LogP contribution in [0.2, 0.25) is 0 Å². The number of hydrogen-bond acceptors (Lipinski definition) is 2. The predicted molar refractivity (Wildman–Crippen MR) is 119 cm³/mol. The standard InChI is InChI=1S/C26H26N2/c1-19-14-20(2)25-24(15-19)27-16-21(3)26(25)28(17-22-10-6-4-7-11-22)18-23-12-8-5-9-13-23/h4-16H,17-18H2,1-3H3. The molecule has 2 nitrogen and oxygen atoms in total. The number of pyridine rings is 1. The van der Waals surface area contributed by atoms with E-state index in [0.29, 0.717) is 0 Å². The Morgan fingerprint density at radius 2 is 1.29 bits per heavy atom. The Bertz CT molecular complexity index is 1040. The molecule has 0 atom stereocenters. The first-order valence-corrected chi connectivity index (χ1v) is 9.81. The average molecular weight is 367 g/mol. The van der Waals surface area contributed by atoms with E-state index in [4.69, 9.17) is 4.98 Å². The van der Waals surface area contributed by atoms with E-state index < -0.39 is 0 Å². The number of nitrogens with zero attached hydrogens (tertiary/aromatic N) is 2. The summed E-state index contributed by atoms with van der Waals surface area (Å²) in [5, 5.41) is 1.26. The van der Waals surface area contributed by atoms with E-state index in [2.05, 4.69) is 98.5 Å². The van der Waals surface area contributed by atoms with Crippen LogP contribution in [0.1, 0.15) is 27.8 Å². The van der Waals surface area contributed by atoms with E-state index in [1.807, 2.05) is 6.20 Å². The molecule has 0 aliphatic rings. The maximum absolute atomic E-state index is 4.73. The lowest BCUT2D eigenvalue weighted by molar-refractivity contribution is 0.799. The number of fused-ring (bicyclic) bond motifs is 1. The van der Waals surface area contributed by atoms with Crippen LogP contribution in [-0.4, -0.2) is 4.98 Å². The summed E-state index contributed by atoms with van der Waals surface area (Å²) in [6, 6.07) is 25.9. The molecule has 0 radical (unpaired) electrons. The molecule has 0 aliphatic carbocycles. The molecule has 0 spiro atoms. The lowest BCUT2D eigenvalue weighted by Gasteiger charge is -2.29. The van der Waals surface area contributed by atoms with Crippen LogP contribution in [0.25, 0.3) is 10.9 Å². The molecule has 0 N–H and O–H groups in total. The normalized spacial score (nSPS) is 11.0. The zero-order valence-electron chi connectivity index (χ0n) is 16.8. The SMILES string of the molecule is Cc1cc(C)c2c(N(Cc3ccccc3)Cc3ccccc3)c(C)cnc2c1. The summed E-state index contributed by atoms with van der Waals surface area (Å²) in [7, 11) is 0. The van der Waals surface area contributed by atoms with Crippen LogP contribution in [0, 0.1) is 20.8 Å². The highest BCUT2D eigenvalue weighted by Crippen LogP contribution is 2.34. The van der Waals surface area contributed by atoms with Gasteiger partial charge in [0, 0.05) is 24.7 Å². The highest BCUT2D eigenvalue weighted by atomic mass is 15.1. The first-order valence-electron chi connectivity index (χ1n) is 9.81. The molecule has 0 saturated carbocycles. The van der Waals surface area contributed by atoms with Crippen molar-refractivity contribution in [1.29, 1.82) is 0 Å². The summed E-state index contributed by atoms with van der Waals surface area (Å²) >= 11 is 0. The lowest BCUT2D eigenvalue weighted by atomic mass is 10.0. The fourth-order valence-electron chi connectivity index (χ4n) is 4.01. The zero-order valence-corrected chi connectivity index (χ0v) is 16.8. The number of hydrogen-bond donors (Lipinski definition) is 0. The molecule has 3 aromatic carbocycles. The number of benzene rings is 3. The number of aryl methyl sites for hydroxylation is 3. The molecule has 1 heterocycles. The van der Waals surface area contributed by atoms with Crippen molar-refractivity contribution in [3.63, 3.8) is 0 Å². The molecule has 1 aromatic heterocycles. The fraction of sp³-hybridized carbons (Fsp3) is 0.192. The Morgan fingerprint density at radius 1 is 0.714 bits per heavy atom. The molecular formula is C26H26N2. The van der Waals surface area contributed by atoms with Crippen LogP contribution >= 0.6 is 0 Å². The molecule has 0 unspecified atom stereocenters. The Kier molecular flexibility index (Phi) is 5.12. The third-order valence-corrected chi connectivity index (χ3v) is 5.22. The fourth-order valence-corrected chi connectivity index (χ4v) is 4.01. The monoisotopic (exact) mass is 366 g/mol. The van der Waals surface area contributed by atoms with Gasteiger partial charge in [-0.2, -0.15) is 0 Å². The maximum atomic E-state index is 4.73. The second kappa shape index (κ2) is 7.85. The second-order valence-electron chi connectivity index (χ2n) is 7.59. The van der Waals surface area contributed by atoms with Crippen molar-refractivity contribution in [2.24, 2.45) is 0 Å². The number of anilines is 1. The van der Waals surface area contributed by atoms with E-state index >= 15 is 0 Å². The molecule has 2 heteroatoms. The quantitative estimate of drug-likeness (QED) is 0.408. The summed E-state index contributed by atoms with van der Waals surface area (Å²) in [6.45, 7) is 8.23. The summed E-state index contributed by atoms with van der Waals surface area (Å²) in [6.07, 6.45) is 2.01. The van der Waals surface area contributed by atoms with Gasteiger partial charge in [-0.25, -0.2) is 0 Å². The van der Waals surface area contributed by atoms with E-state index in [1.165, 1.54) is 38.9 Å². The van der Waals surface area contributed by atoms with Crippen molar-refractivity contribution in [1.82, 2.24) is 4.98 Å². The van der Waals surface area contributed by atoms with Crippen molar-refractivity contribution in [3.8, 4) is 0 Å². The average Bonchev–Trinajstić information content (AvgIpc) is 2.69. The predicted octanol–water partition coefficient (Wildman–Crippen LogP) is 6.37. The van der Waals surface area contributed by atoms with E-state index in [1.54, 1.807) is 0 Å². The zero-order chi connectivity index (χ0) is 19.5. The maximum Gasteiger partial charge on any atom is 0.0728 e. The van der Waals surface area contributed by atoms with Gasteiger partial charge in [0.2, 0.25) is 0 Å². The van der Waals surface area contributed by atoms with Crippen LogP contribution in [-0.2, 0) is 13.1 Å². The molecule has 0 aliphatic heterocycles. The Balaban J connectivity index is 1.87. The summed E-state index contributed by atoms with van der Waals surface area (Å²) < 4.78 is 0. The van der Waals surface area contributed by atoms with Crippen LogP contribution in [0.3, 0.4) is 0 Å². The van der Waals surface area contributed by atoms with Gasteiger partial charge >= 0.3 is 0 Å². The van der Waals surface area contributed by atoms with Crippen molar-refractivity contribution < 1.29 is 0 Å². The minimum Gasteiger partial charge on any atom is -0.362 e. The molecule has 4 aromatic rings. The Labute approximate surface area is 167 Å². The van der Waals surface area contributed by atoms with Crippen molar-refractivity contribution >= 4 is 16.6 Å². The van der Waals surface area contributed by atoms with Crippen LogP contribution in [0.5, 0.6) is 0 Å². The van der Waals surface area contributed by atoms with Crippen molar-refractivity contribution in [3.05, 3.63) is 107 Å². The number of rotatable bonds is 5. The second-order valence-corrected chi connectivity index (χ2v) is 7.59. The van der Waals surface area contributed by atoms with Crippen molar-refractivity contribution in [2.45, 2.75) is 33.9 Å². The van der Waals surface area contributed by atoms with Gasteiger partial charge in [-0.1, -0.05) is 66.7 Å². The first-order chi connectivity index (χ1) is 13.6. The highest BCUT2D eigenvalue weighted by Gasteiger charge is 2.17. The molecule has 28 heavy (non-hydrogen) atoms. The van der Waals surface area contributed by atoms with Gasteiger partial charge in [0.25, 0.3) is 0 Å². The Hall–Kier alpha value is -3.13. The molecule has 4 rings (SSSR count). The van der Waals surface area contributed by atoms with Gasteiger partial charge in [0.05, 0.1) is 11.2 Å². The van der Waals surface area contributed by atoms with Gasteiger partial charge in [-0.15, -0.1) is 0 Å². The molecule has 0 saturated heterocycles. The lowest BCUT2D eigenvalue weighted by Crippen LogP contribution is -2.23. The molecule has 0 fully saturated rings. The van der Waals surface area contributed by atoms with Gasteiger partial charge in [0.15, 0.2) is 0 Å². The largest absolute Gasteiger partial charge is 0.362 e. The minimum atomic E-state index is 0.864. The van der Waals surface area contributed by atoms with Gasteiger partial charge in [-0.3, -0.25) is 4.98 Å². The third-order valence-electron chi connectivity index (χ3n) is 5.22. The topological polar surface area (TPSA) is 16.1 Å². The van der Waals surface area contributed by atoms with Gasteiger partial charge < -0.3 is 4.90 Å². The highest BCUT2D eigenvalue weighted by molar-refractivity contribution is 5.96. The molecule has 140 valence electrons. The van der Waals surface area contributed by atoms with Crippen LogP contribution in [0.15, 0.2) is 79.0 Å². The van der Waals surface area contributed by atoms with Gasteiger partial charge in [-0.05, 0) is 54.7 Å². The van der Waals surface area contributed by atoms with E-state index in [-0.39, 0.29) is 0 Å². The summed E-state index contributed by atoms with van der Waals surface area (Å²) in [5.74, 6) is 0. The minimum absolute atomic E-state index is 0.864. The number of aromatic nitrogens is 1. The summed E-state index contributed by atoms with van der Waals surface area (Å²) in [4.78, 5) is 7.23. The van der Waals surface area contributed by atoms with E-state index in [9.17, 15) is 0 Å². The molecule has 0 amide bonds. The van der Waals surface area contributed by atoms with Crippen LogP contribution in [0.4, 0.5) is 5.69 Å². The molecular weight excluding hydrogens is 340 g/mol. The van der Waals surface area contributed by atoms with Crippen LogP contribution < -0.4 is 4.90 Å². The van der Waals surface area contributed by atoms with Gasteiger partial charge in [0.1, 0.15) is 0 Å². The van der Waals surface area contributed by atoms with E-state index in [0.717, 1.165) is 18.6 Å².